The van der Waals surface area contributed by atoms with Gasteiger partial charge in [0.05, 0.1) is 25.3 Å². The molecule has 0 atom stereocenters. The number of aromatic carboxylic acids is 1. The second kappa shape index (κ2) is 7.94. The lowest BCUT2D eigenvalue weighted by molar-refractivity contribution is -0.118. The van der Waals surface area contributed by atoms with Crippen LogP contribution < -0.4 is 14.8 Å². The summed E-state index contributed by atoms with van der Waals surface area (Å²) in [6, 6.07) is 2.89. The number of rotatable bonds is 7. The second-order valence-electron chi connectivity index (χ2n) is 4.27. The summed E-state index contributed by atoms with van der Waals surface area (Å²) in [5.41, 5.74) is 0.756. The molecule has 0 spiro atoms. The number of nitrogens with one attached hydrogen (secondary N) is 1. The molecular formula is C15H19NO5. The van der Waals surface area contributed by atoms with E-state index in [1.165, 1.54) is 33.3 Å². The van der Waals surface area contributed by atoms with Gasteiger partial charge in [0.1, 0.15) is 11.5 Å². The highest BCUT2D eigenvalue weighted by atomic mass is 16.5. The number of ether oxygens (including phenoxy) is 2. The first-order chi connectivity index (χ1) is 9.99. The van der Waals surface area contributed by atoms with E-state index in [2.05, 4.69) is 5.32 Å². The molecule has 2 N–H and O–H groups in total. The molecule has 0 saturated carbocycles. The zero-order valence-corrected chi connectivity index (χ0v) is 12.3. The Balaban J connectivity index is 2.96. The van der Waals surface area contributed by atoms with Gasteiger partial charge in [0.15, 0.2) is 0 Å². The Labute approximate surface area is 123 Å². The molecule has 1 aromatic rings. The van der Waals surface area contributed by atoms with Crippen molar-refractivity contribution in [2.75, 3.05) is 20.8 Å². The fraction of sp³-hybridized carbons (Fsp3) is 0.333. The van der Waals surface area contributed by atoms with Crippen LogP contribution in [0.2, 0.25) is 0 Å². The molecule has 0 heterocycles. The van der Waals surface area contributed by atoms with Gasteiger partial charge in [-0.25, -0.2) is 4.79 Å². The summed E-state index contributed by atoms with van der Waals surface area (Å²) < 4.78 is 10.4. The molecule has 6 heteroatoms. The monoisotopic (exact) mass is 293 g/mol. The van der Waals surface area contributed by atoms with E-state index in [1.54, 1.807) is 6.08 Å². The molecule has 0 fully saturated rings. The minimum Gasteiger partial charge on any atom is -0.496 e. The van der Waals surface area contributed by atoms with Gasteiger partial charge in [-0.3, -0.25) is 4.79 Å². The summed E-state index contributed by atoms with van der Waals surface area (Å²) in [6.45, 7) is 1.99. The van der Waals surface area contributed by atoms with Crippen molar-refractivity contribution in [3.05, 3.63) is 29.3 Å². The fourth-order valence-electron chi connectivity index (χ4n) is 1.76. The van der Waals surface area contributed by atoms with Gasteiger partial charge in [-0.1, -0.05) is 12.2 Å². The Hall–Kier alpha value is -2.50. The van der Waals surface area contributed by atoms with E-state index >= 15 is 0 Å². The van der Waals surface area contributed by atoms with Crippen LogP contribution in [0.15, 0.2) is 18.2 Å². The maximum absolute atomic E-state index is 11.0. The van der Waals surface area contributed by atoms with Gasteiger partial charge in [-0.15, -0.1) is 0 Å². The molecule has 21 heavy (non-hydrogen) atoms. The Morgan fingerprint density at radius 3 is 2.24 bits per heavy atom. The minimum atomic E-state index is -1.05. The highest BCUT2D eigenvalue weighted by Crippen LogP contribution is 2.32. The average Bonchev–Trinajstić information content (AvgIpc) is 2.45. The van der Waals surface area contributed by atoms with Crippen LogP contribution in [0.1, 0.15) is 29.3 Å². The van der Waals surface area contributed by atoms with Crippen LogP contribution in [-0.2, 0) is 4.79 Å². The van der Waals surface area contributed by atoms with E-state index in [1.807, 2.05) is 6.08 Å². The standard InChI is InChI=1S/C15H19NO5/c1-10(17)16-7-5-4-6-12-13(20-2)8-11(15(18)19)9-14(12)21-3/h4,6,8-9H,5,7H2,1-3H3,(H,16,17)(H,18,19). The number of amides is 1. The van der Waals surface area contributed by atoms with Gasteiger partial charge in [-0.05, 0) is 18.6 Å². The summed E-state index contributed by atoms with van der Waals surface area (Å²) >= 11 is 0. The maximum Gasteiger partial charge on any atom is 0.335 e. The number of carboxylic acid groups (broad SMARTS) is 1. The second-order valence-corrected chi connectivity index (χ2v) is 4.27. The number of hydrogen-bond acceptors (Lipinski definition) is 4. The van der Waals surface area contributed by atoms with E-state index in [4.69, 9.17) is 14.6 Å². The summed E-state index contributed by atoms with van der Waals surface area (Å²) in [5, 5.41) is 11.7. The summed E-state index contributed by atoms with van der Waals surface area (Å²) in [5.74, 6) is -0.290. The van der Waals surface area contributed by atoms with Crippen molar-refractivity contribution in [1.82, 2.24) is 5.32 Å². The lowest BCUT2D eigenvalue weighted by Gasteiger charge is -2.11. The third kappa shape index (κ3) is 4.83. The van der Waals surface area contributed by atoms with Crippen LogP contribution in [0.25, 0.3) is 6.08 Å². The number of carboxylic acids is 1. The predicted molar refractivity (Wildman–Crippen MR) is 78.8 cm³/mol. The van der Waals surface area contributed by atoms with Crippen molar-refractivity contribution in [3.8, 4) is 11.5 Å². The Kier molecular flexibility index (Phi) is 6.26. The largest absolute Gasteiger partial charge is 0.496 e. The third-order valence-corrected chi connectivity index (χ3v) is 2.76. The fourth-order valence-corrected chi connectivity index (χ4v) is 1.76. The van der Waals surface area contributed by atoms with Crippen LogP contribution >= 0.6 is 0 Å². The Bertz CT molecular complexity index is 526. The minimum absolute atomic E-state index is 0.0793. The van der Waals surface area contributed by atoms with E-state index in [0.29, 0.717) is 30.0 Å². The Morgan fingerprint density at radius 2 is 1.81 bits per heavy atom. The molecule has 0 saturated heterocycles. The van der Waals surface area contributed by atoms with E-state index in [9.17, 15) is 9.59 Å². The molecule has 6 nitrogen and oxygen atoms in total. The molecule has 0 aromatic heterocycles. The predicted octanol–water partition coefficient (Wildman–Crippen LogP) is 1.94. The van der Waals surface area contributed by atoms with Crippen LogP contribution in [0.4, 0.5) is 0 Å². The smallest absolute Gasteiger partial charge is 0.335 e. The third-order valence-electron chi connectivity index (χ3n) is 2.76. The summed E-state index contributed by atoms with van der Waals surface area (Å²) in [6.07, 6.45) is 4.29. The maximum atomic E-state index is 11.0. The normalized spacial score (nSPS) is 10.4. The van der Waals surface area contributed by atoms with Gasteiger partial charge in [0.2, 0.25) is 5.91 Å². The number of hydrogen-bond donors (Lipinski definition) is 2. The van der Waals surface area contributed by atoms with Gasteiger partial charge in [0, 0.05) is 13.5 Å². The molecule has 0 aliphatic rings. The van der Waals surface area contributed by atoms with Crippen molar-refractivity contribution in [2.24, 2.45) is 0 Å². The SMILES string of the molecule is COc1cc(C(=O)O)cc(OC)c1C=CCCNC(C)=O. The molecule has 0 aliphatic carbocycles. The quantitative estimate of drug-likeness (QED) is 0.750. The first-order valence-electron chi connectivity index (χ1n) is 6.40. The Morgan fingerprint density at radius 1 is 1.24 bits per heavy atom. The molecule has 1 amide bonds. The molecule has 0 bridgehead atoms. The van der Waals surface area contributed by atoms with E-state index in [-0.39, 0.29) is 11.5 Å². The first kappa shape index (κ1) is 16.6. The van der Waals surface area contributed by atoms with Gasteiger partial charge < -0.3 is 19.9 Å². The molecule has 114 valence electrons. The van der Waals surface area contributed by atoms with Crippen molar-refractivity contribution < 1.29 is 24.2 Å². The number of methoxy groups -OCH3 is 2. The zero-order valence-electron chi connectivity index (χ0n) is 12.3. The number of carbonyl (C=O) groups excluding carboxylic acids is 1. The molecule has 1 rings (SSSR count). The van der Waals surface area contributed by atoms with Crippen LogP contribution in [0.3, 0.4) is 0 Å². The number of carbonyl (C=O) groups is 2. The summed E-state index contributed by atoms with van der Waals surface area (Å²) in [7, 11) is 2.93. The topological polar surface area (TPSA) is 84.9 Å². The van der Waals surface area contributed by atoms with Crippen molar-refractivity contribution in [1.29, 1.82) is 0 Å². The molecule has 1 aromatic carbocycles. The van der Waals surface area contributed by atoms with Gasteiger partial charge in [0.25, 0.3) is 0 Å². The highest BCUT2D eigenvalue weighted by Gasteiger charge is 2.13. The van der Waals surface area contributed by atoms with Crippen molar-refractivity contribution >= 4 is 18.0 Å². The molecule has 0 aliphatic heterocycles. The zero-order chi connectivity index (χ0) is 15.8. The average molecular weight is 293 g/mol. The molecule has 0 unspecified atom stereocenters. The van der Waals surface area contributed by atoms with Crippen LogP contribution in [-0.4, -0.2) is 37.7 Å². The molecule has 0 radical (unpaired) electrons. The van der Waals surface area contributed by atoms with E-state index in [0.717, 1.165) is 0 Å². The lowest BCUT2D eigenvalue weighted by Crippen LogP contribution is -2.20. The van der Waals surface area contributed by atoms with Crippen molar-refractivity contribution in [3.63, 3.8) is 0 Å². The van der Waals surface area contributed by atoms with E-state index < -0.39 is 5.97 Å². The van der Waals surface area contributed by atoms with Gasteiger partial charge >= 0.3 is 5.97 Å². The lowest BCUT2D eigenvalue weighted by atomic mass is 10.1. The first-order valence-corrected chi connectivity index (χ1v) is 6.40. The van der Waals surface area contributed by atoms with Crippen LogP contribution in [0.5, 0.6) is 11.5 Å². The highest BCUT2D eigenvalue weighted by molar-refractivity contribution is 5.90. The van der Waals surface area contributed by atoms with Crippen LogP contribution in [0, 0.1) is 0 Å². The van der Waals surface area contributed by atoms with Crippen molar-refractivity contribution in [2.45, 2.75) is 13.3 Å². The van der Waals surface area contributed by atoms with Gasteiger partial charge in [-0.2, -0.15) is 0 Å². The summed E-state index contributed by atoms with van der Waals surface area (Å²) in [4.78, 5) is 21.8. The number of benzene rings is 1. The molecular weight excluding hydrogens is 274 g/mol.